The number of aryl methyl sites for hydroxylation is 1. The van der Waals surface area contributed by atoms with E-state index < -0.39 is 28.5 Å². The van der Waals surface area contributed by atoms with Gasteiger partial charge in [0.15, 0.2) is 0 Å². The van der Waals surface area contributed by atoms with Crippen molar-refractivity contribution in [3.8, 4) is 0 Å². The van der Waals surface area contributed by atoms with Gasteiger partial charge >= 0.3 is 0 Å². The minimum atomic E-state index is -4.16. The standard InChI is InChI=1S/C29H32BrCl2N3O4S/c1-4-5-16-33-29(37)21(3)34(18-25-26(31)10-7-11-27(25)32)28(36)19-35(23-9-6-8-22(30)17-23)40(38,39)24-14-12-20(2)13-15-24/h6-15,17,21H,4-5,16,18-19H2,1-3H3,(H,33,37)/t21-/m1/s1. The number of nitrogens with one attached hydrogen (secondary N) is 1. The first-order valence-electron chi connectivity index (χ1n) is 12.8. The van der Waals surface area contributed by atoms with Gasteiger partial charge < -0.3 is 10.2 Å². The third-order valence-electron chi connectivity index (χ3n) is 6.37. The maximum Gasteiger partial charge on any atom is 0.264 e. The highest BCUT2D eigenvalue weighted by molar-refractivity contribution is 9.10. The molecule has 0 unspecified atom stereocenters. The molecule has 1 N–H and O–H groups in total. The third-order valence-corrected chi connectivity index (χ3v) is 9.36. The molecule has 2 amide bonds. The summed E-state index contributed by atoms with van der Waals surface area (Å²) in [5.74, 6) is -0.954. The molecule has 7 nitrogen and oxygen atoms in total. The van der Waals surface area contributed by atoms with Crippen LogP contribution in [0.1, 0.15) is 37.8 Å². The van der Waals surface area contributed by atoms with Gasteiger partial charge in [-0.2, -0.15) is 0 Å². The largest absolute Gasteiger partial charge is 0.354 e. The Hall–Kier alpha value is -2.59. The first kappa shape index (κ1) is 31.9. The summed E-state index contributed by atoms with van der Waals surface area (Å²) in [5, 5.41) is 3.52. The molecule has 11 heteroatoms. The normalized spacial score (nSPS) is 12.1. The second-order valence-electron chi connectivity index (χ2n) is 9.35. The van der Waals surface area contributed by atoms with Crippen LogP contribution in [0.3, 0.4) is 0 Å². The van der Waals surface area contributed by atoms with Crippen LogP contribution >= 0.6 is 39.1 Å². The summed E-state index contributed by atoms with van der Waals surface area (Å²) >= 11 is 16.2. The fourth-order valence-corrected chi connectivity index (χ4v) is 6.28. The molecule has 0 fully saturated rings. The Kier molecular flexibility index (Phi) is 11.5. The Bertz CT molecular complexity index is 1430. The molecule has 0 aliphatic heterocycles. The summed E-state index contributed by atoms with van der Waals surface area (Å²) in [5.41, 5.74) is 1.65. The molecule has 0 spiro atoms. The number of nitrogens with zero attached hydrogens (tertiary/aromatic N) is 2. The number of hydrogen-bond acceptors (Lipinski definition) is 4. The Labute approximate surface area is 254 Å². The molecule has 0 saturated heterocycles. The van der Waals surface area contributed by atoms with Crippen LogP contribution in [0.4, 0.5) is 5.69 Å². The summed E-state index contributed by atoms with van der Waals surface area (Å²) in [4.78, 5) is 28.4. The lowest BCUT2D eigenvalue weighted by Crippen LogP contribution is -2.51. The number of amides is 2. The number of anilines is 1. The van der Waals surface area contributed by atoms with Crippen LogP contribution in [-0.2, 0) is 26.2 Å². The Morgan fingerprint density at radius 3 is 2.23 bits per heavy atom. The van der Waals surface area contributed by atoms with E-state index in [1.807, 2.05) is 13.8 Å². The highest BCUT2D eigenvalue weighted by atomic mass is 79.9. The number of benzene rings is 3. The second kappa shape index (κ2) is 14.3. The average Bonchev–Trinajstić information content (AvgIpc) is 2.91. The fourth-order valence-electron chi connectivity index (χ4n) is 3.97. The van der Waals surface area contributed by atoms with Gasteiger partial charge in [0.2, 0.25) is 11.8 Å². The van der Waals surface area contributed by atoms with Crippen LogP contribution in [-0.4, -0.2) is 44.3 Å². The van der Waals surface area contributed by atoms with E-state index in [4.69, 9.17) is 23.2 Å². The number of halogens is 3. The van der Waals surface area contributed by atoms with Gasteiger partial charge in [-0.3, -0.25) is 13.9 Å². The molecule has 1 atom stereocenters. The lowest BCUT2D eigenvalue weighted by atomic mass is 10.1. The van der Waals surface area contributed by atoms with Crippen LogP contribution in [0.25, 0.3) is 0 Å². The van der Waals surface area contributed by atoms with Crippen LogP contribution in [0.5, 0.6) is 0 Å². The number of unbranched alkanes of at least 4 members (excludes halogenated alkanes) is 1. The van der Waals surface area contributed by atoms with Gasteiger partial charge in [-0.05, 0) is 62.7 Å². The van der Waals surface area contributed by atoms with Gasteiger partial charge in [0.05, 0.1) is 10.6 Å². The van der Waals surface area contributed by atoms with Crippen molar-refractivity contribution in [3.63, 3.8) is 0 Å². The van der Waals surface area contributed by atoms with E-state index in [1.165, 1.54) is 17.0 Å². The Morgan fingerprint density at radius 1 is 1.00 bits per heavy atom. The highest BCUT2D eigenvalue weighted by Crippen LogP contribution is 2.29. The predicted molar refractivity (Wildman–Crippen MR) is 164 cm³/mol. The van der Waals surface area contributed by atoms with E-state index in [2.05, 4.69) is 21.2 Å². The molecule has 0 bridgehead atoms. The van der Waals surface area contributed by atoms with E-state index in [1.54, 1.807) is 61.5 Å². The molecule has 0 saturated carbocycles. The number of hydrogen-bond donors (Lipinski definition) is 1. The smallest absolute Gasteiger partial charge is 0.264 e. The zero-order chi connectivity index (χ0) is 29.4. The summed E-state index contributed by atoms with van der Waals surface area (Å²) in [6.45, 7) is 5.28. The van der Waals surface area contributed by atoms with Gasteiger partial charge in [0, 0.05) is 33.2 Å². The zero-order valence-corrected chi connectivity index (χ0v) is 26.4. The SMILES string of the molecule is CCCCNC(=O)[C@@H](C)N(Cc1c(Cl)cccc1Cl)C(=O)CN(c1cccc(Br)c1)S(=O)(=O)c1ccc(C)cc1. The zero-order valence-electron chi connectivity index (χ0n) is 22.5. The minimum Gasteiger partial charge on any atom is -0.354 e. The number of carbonyl (C=O) groups is 2. The number of rotatable bonds is 12. The molecule has 0 heterocycles. The predicted octanol–water partition coefficient (Wildman–Crippen LogP) is 6.59. The van der Waals surface area contributed by atoms with Crippen LogP contribution in [0, 0.1) is 6.92 Å². The van der Waals surface area contributed by atoms with Crippen molar-refractivity contribution in [2.45, 2.75) is 51.1 Å². The maximum atomic E-state index is 14.0. The van der Waals surface area contributed by atoms with Gasteiger partial charge in [-0.1, -0.05) is 82.3 Å². The van der Waals surface area contributed by atoms with E-state index >= 15 is 0 Å². The lowest BCUT2D eigenvalue weighted by molar-refractivity contribution is -0.139. The average molecular weight is 669 g/mol. The molecule has 0 radical (unpaired) electrons. The summed E-state index contributed by atoms with van der Waals surface area (Å²) < 4.78 is 29.4. The Morgan fingerprint density at radius 2 is 1.62 bits per heavy atom. The van der Waals surface area contributed by atoms with Gasteiger partial charge in [0.25, 0.3) is 10.0 Å². The monoisotopic (exact) mass is 667 g/mol. The topological polar surface area (TPSA) is 86.8 Å². The lowest BCUT2D eigenvalue weighted by Gasteiger charge is -2.32. The minimum absolute atomic E-state index is 0.0388. The molecule has 40 heavy (non-hydrogen) atoms. The molecule has 3 aromatic carbocycles. The maximum absolute atomic E-state index is 14.0. The first-order chi connectivity index (χ1) is 18.9. The van der Waals surface area contributed by atoms with Crippen LogP contribution in [0.15, 0.2) is 76.1 Å². The second-order valence-corrected chi connectivity index (χ2v) is 12.9. The van der Waals surface area contributed by atoms with Crippen molar-refractivity contribution in [3.05, 3.63) is 92.4 Å². The van der Waals surface area contributed by atoms with Gasteiger partial charge in [-0.15, -0.1) is 0 Å². The van der Waals surface area contributed by atoms with Gasteiger partial charge in [-0.25, -0.2) is 8.42 Å². The van der Waals surface area contributed by atoms with Crippen molar-refractivity contribution in [2.75, 3.05) is 17.4 Å². The van der Waals surface area contributed by atoms with Crippen molar-refractivity contribution in [1.29, 1.82) is 0 Å². The van der Waals surface area contributed by atoms with E-state index in [9.17, 15) is 18.0 Å². The third kappa shape index (κ3) is 8.00. The van der Waals surface area contributed by atoms with Crippen molar-refractivity contribution < 1.29 is 18.0 Å². The molecule has 3 rings (SSSR count). The van der Waals surface area contributed by atoms with E-state index in [-0.39, 0.29) is 17.3 Å². The summed E-state index contributed by atoms with van der Waals surface area (Å²) in [7, 11) is -4.16. The summed E-state index contributed by atoms with van der Waals surface area (Å²) in [6.07, 6.45) is 1.68. The first-order valence-corrected chi connectivity index (χ1v) is 15.8. The van der Waals surface area contributed by atoms with E-state index in [0.717, 1.165) is 22.7 Å². The molecule has 0 aromatic heterocycles. The van der Waals surface area contributed by atoms with Crippen LogP contribution < -0.4 is 9.62 Å². The van der Waals surface area contributed by atoms with Crippen molar-refractivity contribution in [1.82, 2.24) is 10.2 Å². The van der Waals surface area contributed by atoms with Gasteiger partial charge in [0.1, 0.15) is 12.6 Å². The fraction of sp³-hybridized carbons (Fsp3) is 0.310. The molecule has 214 valence electrons. The van der Waals surface area contributed by atoms with Crippen LogP contribution in [0.2, 0.25) is 10.0 Å². The quantitative estimate of drug-likeness (QED) is 0.221. The van der Waals surface area contributed by atoms with E-state index in [0.29, 0.717) is 32.3 Å². The molecule has 3 aromatic rings. The molecule has 0 aliphatic rings. The molecule has 0 aliphatic carbocycles. The van der Waals surface area contributed by atoms with Crippen molar-refractivity contribution >= 4 is 66.7 Å². The Balaban J connectivity index is 2.04. The molecular formula is C29H32BrCl2N3O4S. The summed E-state index contributed by atoms with van der Waals surface area (Å²) in [6, 6.07) is 17.1. The molecular weight excluding hydrogens is 637 g/mol. The number of sulfonamides is 1. The highest BCUT2D eigenvalue weighted by Gasteiger charge is 2.33. The van der Waals surface area contributed by atoms with Crippen molar-refractivity contribution in [2.24, 2.45) is 0 Å². The number of carbonyl (C=O) groups excluding carboxylic acids is 2.